The first-order chi connectivity index (χ1) is 10.8. The van der Waals surface area contributed by atoms with Crippen molar-refractivity contribution in [3.05, 3.63) is 71.4 Å². The van der Waals surface area contributed by atoms with Crippen molar-refractivity contribution in [2.24, 2.45) is 5.10 Å². The Kier molecular flexibility index (Phi) is 8.66. The Morgan fingerprint density at radius 2 is 1.74 bits per heavy atom. The van der Waals surface area contributed by atoms with Gasteiger partial charge in [-0.1, -0.05) is 50.2 Å². The number of pyridine rings is 1. The SMILES string of the molecule is CCN(CC)C(=[SH+])[N-]N=C(c1ccccc1)c1ccccn1.[Cu+2]. The maximum absolute atomic E-state index is 4.43. The molecule has 0 N–H and O–H groups in total. The Hall–Kier alpha value is -1.59. The molecule has 6 heteroatoms. The molecule has 1 aromatic heterocycles. The van der Waals surface area contributed by atoms with Gasteiger partial charge in [-0.2, -0.15) is 0 Å². The molecule has 0 bridgehead atoms. The summed E-state index contributed by atoms with van der Waals surface area (Å²) in [7, 11) is 0. The van der Waals surface area contributed by atoms with Crippen molar-refractivity contribution in [1.29, 1.82) is 0 Å². The minimum Gasteiger partial charge on any atom is -0.514 e. The summed E-state index contributed by atoms with van der Waals surface area (Å²) in [6, 6.07) is 15.7. The zero-order chi connectivity index (χ0) is 15.8. The van der Waals surface area contributed by atoms with Crippen LogP contribution in [0.2, 0.25) is 0 Å². The molecular formula is C17H20CuN4S+2. The van der Waals surface area contributed by atoms with E-state index in [4.69, 9.17) is 0 Å². The normalized spacial score (nSPS) is 11.0. The van der Waals surface area contributed by atoms with Crippen LogP contribution < -0.4 is 0 Å². The van der Waals surface area contributed by atoms with Gasteiger partial charge in [0.15, 0.2) is 17.3 Å². The van der Waals surface area contributed by atoms with Crippen LogP contribution in [0.1, 0.15) is 25.1 Å². The van der Waals surface area contributed by atoms with Crippen molar-refractivity contribution in [3.8, 4) is 0 Å². The van der Waals surface area contributed by atoms with E-state index in [1.54, 1.807) is 6.20 Å². The van der Waals surface area contributed by atoms with Gasteiger partial charge >= 0.3 is 17.1 Å². The summed E-state index contributed by atoms with van der Waals surface area (Å²) >= 11 is 4.43. The maximum Gasteiger partial charge on any atom is 2.00 e. The monoisotopic (exact) mass is 375 g/mol. The Balaban J connectivity index is 0.00000264. The van der Waals surface area contributed by atoms with Gasteiger partial charge in [0, 0.05) is 24.8 Å². The molecule has 2 aromatic rings. The molecule has 0 aliphatic rings. The molecule has 0 saturated heterocycles. The van der Waals surface area contributed by atoms with E-state index in [-0.39, 0.29) is 17.1 Å². The van der Waals surface area contributed by atoms with E-state index in [1.807, 2.05) is 53.4 Å². The molecule has 0 aliphatic heterocycles. The van der Waals surface area contributed by atoms with Gasteiger partial charge in [-0.05, 0) is 12.1 Å². The molecule has 0 saturated carbocycles. The molecule has 2 rings (SSSR count). The molecular weight excluding hydrogens is 356 g/mol. The fourth-order valence-corrected chi connectivity index (χ4v) is 2.35. The maximum atomic E-state index is 4.43. The van der Waals surface area contributed by atoms with Gasteiger partial charge in [-0.15, -0.1) is 0 Å². The Labute approximate surface area is 153 Å². The zero-order valence-corrected chi connectivity index (χ0v) is 15.0. The second-order valence-electron chi connectivity index (χ2n) is 4.60. The van der Waals surface area contributed by atoms with E-state index in [9.17, 15) is 0 Å². The molecule has 0 amide bonds. The van der Waals surface area contributed by atoms with Crippen LogP contribution in [0.4, 0.5) is 0 Å². The van der Waals surface area contributed by atoms with Crippen LogP contribution in [0.25, 0.3) is 5.43 Å². The fraction of sp³-hybridized carbons (Fsp3) is 0.235. The molecule has 4 nitrogen and oxygen atoms in total. The third-order valence-corrected chi connectivity index (χ3v) is 3.61. The van der Waals surface area contributed by atoms with E-state index in [0.29, 0.717) is 5.11 Å². The fourth-order valence-electron chi connectivity index (χ4n) is 2.02. The summed E-state index contributed by atoms with van der Waals surface area (Å²) in [5.74, 6) is 0. The zero-order valence-electron chi connectivity index (χ0n) is 13.1. The molecule has 123 valence electrons. The number of hydrogen-bond acceptors (Lipinski definition) is 2. The first kappa shape index (κ1) is 19.5. The molecule has 23 heavy (non-hydrogen) atoms. The second kappa shape index (κ2) is 10.2. The van der Waals surface area contributed by atoms with Gasteiger partial charge in [0.1, 0.15) is 0 Å². The van der Waals surface area contributed by atoms with Crippen LogP contribution in [-0.2, 0) is 29.3 Å². The molecule has 0 unspecified atom stereocenters. The van der Waals surface area contributed by atoms with Crippen molar-refractivity contribution < 1.29 is 17.1 Å². The van der Waals surface area contributed by atoms with Crippen molar-refractivity contribution in [2.45, 2.75) is 13.8 Å². The summed E-state index contributed by atoms with van der Waals surface area (Å²) in [6.07, 6.45) is 1.75. The van der Waals surface area contributed by atoms with Gasteiger partial charge in [0.25, 0.3) is 0 Å². The minimum absolute atomic E-state index is 0. The molecule has 1 heterocycles. The predicted octanol–water partition coefficient (Wildman–Crippen LogP) is 2.91. The van der Waals surface area contributed by atoms with Crippen molar-refractivity contribution in [1.82, 2.24) is 9.88 Å². The van der Waals surface area contributed by atoms with Gasteiger partial charge in [0.2, 0.25) is 0 Å². The summed E-state index contributed by atoms with van der Waals surface area (Å²) in [6.45, 7) is 5.82. The molecule has 0 atom stereocenters. The number of nitrogens with zero attached hydrogens (tertiary/aromatic N) is 4. The molecule has 1 aromatic carbocycles. The van der Waals surface area contributed by atoms with Gasteiger partial charge in [-0.3, -0.25) is 4.98 Å². The number of benzene rings is 1. The van der Waals surface area contributed by atoms with Gasteiger partial charge < -0.3 is 10.5 Å². The molecule has 0 fully saturated rings. The topological polar surface area (TPSA) is 42.6 Å². The smallest absolute Gasteiger partial charge is 0.514 e. The average Bonchev–Trinajstić information content (AvgIpc) is 2.58. The van der Waals surface area contributed by atoms with Crippen LogP contribution in [0.3, 0.4) is 0 Å². The largest absolute Gasteiger partial charge is 2.00 e. The van der Waals surface area contributed by atoms with E-state index < -0.39 is 0 Å². The minimum atomic E-state index is 0. The molecule has 0 aliphatic carbocycles. The van der Waals surface area contributed by atoms with Crippen molar-refractivity contribution in [3.63, 3.8) is 0 Å². The van der Waals surface area contributed by atoms with Crippen LogP contribution in [0.15, 0.2) is 59.8 Å². The second-order valence-corrected chi connectivity index (χ2v) is 5.00. The number of rotatable bonds is 5. The van der Waals surface area contributed by atoms with E-state index in [1.165, 1.54) is 0 Å². The summed E-state index contributed by atoms with van der Waals surface area (Å²) < 4.78 is 0. The van der Waals surface area contributed by atoms with Crippen LogP contribution in [0.5, 0.6) is 0 Å². The van der Waals surface area contributed by atoms with Crippen LogP contribution in [0, 0.1) is 0 Å². The number of aromatic nitrogens is 1. The van der Waals surface area contributed by atoms with Gasteiger partial charge in [0.05, 0.1) is 11.4 Å². The van der Waals surface area contributed by atoms with Crippen molar-refractivity contribution >= 4 is 23.0 Å². The first-order valence-corrected chi connectivity index (χ1v) is 7.77. The average molecular weight is 376 g/mol. The quantitative estimate of drug-likeness (QED) is 0.201. The first-order valence-electron chi connectivity index (χ1n) is 7.32. The third kappa shape index (κ3) is 5.52. The third-order valence-electron chi connectivity index (χ3n) is 3.24. The van der Waals surface area contributed by atoms with Gasteiger partial charge in [-0.25, -0.2) is 4.90 Å². The summed E-state index contributed by atoms with van der Waals surface area (Å²) in [4.78, 5) is 6.42. The number of thiol groups is 1. The summed E-state index contributed by atoms with van der Waals surface area (Å²) in [5, 5.41) is 5.01. The predicted molar refractivity (Wildman–Crippen MR) is 96.4 cm³/mol. The Morgan fingerprint density at radius 3 is 2.30 bits per heavy atom. The summed E-state index contributed by atoms with van der Waals surface area (Å²) in [5.41, 5.74) is 6.78. The molecule has 0 spiro atoms. The standard InChI is InChI=1S/C17H20N4S.Cu/c1-3-21(4-2)17(22)20-19-16(14-10-6-5-7-11-14)15-12-8-9-13-18-15;/h5-13H,3-4H2,1-2H3,(H,18,20,22);/q;+2. The van der Waals surface area contributed by atoms with E-state index in [0.717, 1.165) is 30.1 Å². The van der Waals surface area contributed by atoms with Crippen LogP contribution in [-0.4, -0.2) is 33.8 Å². The Bertz CT molecular complexity index is 586. The van der Waals surface area contributed by atoms with Crippen molar-refractivity contribution in [2.75, 3.05) is 13.1 Å². The molecule has 1 radical (unpaired) electrons. The van der Waals surface area contributed by atoms with E-state index >= 15 is 0 Å². The van der Waals surface area contributed by atoms with Crippen LogP contribution >= 0.6 is 0 Å². The Morgan fingerprint density at radius 1 is 1.09 bits per heavy atom. The van der Waals surface area contributed by atoms with E-state index in [2.05, 4.69) is 41.6 Å². The number of hydrogen-bond donors (Lipinski definition) is 0.